The summed E-state index contributed by atoms with van der Waals surface area (Å²) in [6.45, 7) is 1.78. The second-order valence-electron chi connectivity index (χ2n) is 5.13. The number of nitrogens with zero attached hydrogens (tertiary/aromatic N) is 2. The molecule has 21 heavy (non-hydrogen) atoms. The van der Waals surface area contributed by atoms with E-state index >= 15 is 0 Å². The van der Waals surface area contributed by atoms with Gasteiger partial charge < -0.3 is 9.64 Å². The zero-order valence-electron chi connectivity index (χ0n) is 11.8. The summed E-state index contributed by atoms with van der Waals surface area (Å²) in [4.78, 5) is 18.7. The van der Waals surface area contributed by atoms with Crippen molar-refractivity contribution in [3.05, 3.63) is 66.0 Å². The number of ether oxygens (including phenoxy) is 1. The van der Waals surface area contributed by atoms with Crippen LogP contribution in [0.3, 0.4) is 0 Å². The minimum absolute atomic E-state index is 0.0140. The molecule has 1 aliphatic rings. The van der Waals surface area contributed by atoms with Crippen molar-refractivity contribution in [3.8, 4) is 0 Å². The van der Waals surface area contributed by atoms with Gasteiger partial charge in [-0.15, -0.1) is 0 Å². The lowest BCUT2D eigenvalue weighted by Crippen LogP contribution is -2.49. The largest absolute Gasteiger partial charge is 0.377 e. The molecular formula is C17H18N2O2. The van der Waals surface area contributed by atoms with Crippen molar-refractivity contribution in [3.63, 3.8) is 0 Å². The molecular weight excluding hydrogens is 264 g/mol. The third kappa shape index (κ3) is 3.28. The van der Waals surface area contributed by atoms with E-state index in [1.807, 2.05) is 35.2 Å². The lowest BCUT2D eigenvalue weighted by Gasteiger charge is -2.35. The van der Waals surface area contributed by atoms with Gasteiger partial charge in [0.1, 0.15) is 5.69 Å². The fourth-order valence-electron chi connectivity index (χ4n) is 2.61. The van der Waals surface area contributed by atoms with Crippen molar-refractivity contribution in [1.82, 2.24) is 9.88 Å². The fraction of sp³-hybridized carbons (Fsp3) is 0.294. The minimum atomic E-state index is -0.0140. The zero-order chi connectivity index (χ0) is 14.5. The maximum absolute atomic E-state index is 12.6. The number of carbonyl (C=O) groups excluding carboxylic acids is 1. The van der Waals surface area contributed by atoms with E-state index < -0.39 is 0 Å². The quantitative estimate of drug-likeness (QED) is 0.866. The van der Waals surface area contributed by atoms with Crippen LogP contribution >= 0.6 is 0 Å². The van der Waals surface area contributed by atoms with Gasteiger partial charge in [0.15, 0.2) is 0 Å². The Hall–Kier alpha value is -2.20. The van der Waals surface area contributed by atoms with Gasteiger partial charge in [0, 0.05) is 12.7 Å². The third-order valence-electron chi connectivity index (χ3n) is 3.69. The second-order valence-corrected chi connectivity index (χ2v) is 5.13. The molecule has 1 saturated heterocycles. The molecule has 2 heterocycles. The molecule has 0 N–H and O–H groups in total. The Morgan fingerprint density at radius 1 is 1.19 bits per heavy atom. The highest BCUT2D eigenvalue weighted by atomic mass is 16.5. The highest BCUT2D eigenvalue weighted by molar-refractivity contribution is 5.92. The van der Waals surface area contributed by atoms with Gasteiger partial charge in [-0.25, -0.2) is 0 Å². The van der Waals surface area contributed by atoms with Crippen molar-refractivity contribution < 1.29 is 9.53 Å². The van der Waals surface area contributed by atoms with Gasteiger partial charge in [0.2, 0.25) is 0 Å². The van der Waals surface area contributed by atoms with Crippen LogP contribution in [0, 0.1) is 0 Å². The Morgan fingerprint density at radius 2 is 2.00 bits per heavy atom. The van der Waals surface area contributed by atoms with E-state index in [9.17, 15) is 4.79 Å². The van der Waals surface area contributed by atoms with Crippen molar-refractivity contribution in [2.45, 2.75) is 12.5 Å². The van der Waals surface area contributed by atoms with E-state index in [-0.39, 0.29) is 11.9 Å². The maximum atomic E-state index is 12.6. The fourth-order valence-corrected chi connectivity index (χ4v) is 2.61. The topological polar surface area (TPSA) is 42.4 Å². The molecule has 0 saturated carbocycles. The van der Waals surface area contributed by atoms with Crippen molar-refractivity contribution in [2.24, 2.45) is 0 Å². The average molecular weight is 282 g/mol. The van der Waals surface area contributed by atoms with Gasteiger partial charge in [-0.1, -0.05) is 36.4 Å². The summed E-state index contributed by atoms with van der Waals surface area (Å²) in [7, 11) is 0. The van der Waals surface area contributed by atoms with Gasteiger partial charge in [0.25, 0.3) is 5.91 Å². The van der Waals surface area contributed by atoms with Crippen LogP contribution in [0.5, 0.6) is 0 Å². The lowest BCUT2D eigenvalue weighted by molar-refractivity contribution is -0.00194. The molecule has 0 spiro atoms. The molecule has 1 amide bonds. The third-order valence-corrected chi connectivity index (χ3v) is 3.69. The van der Waals surface area contributed by atoms with Crippen LogP contribution < -0.4 is 0 Å². The number of pyridine rings is 1. The molecule has 1 aromatic heterocycles. The number of aromatic nitrogens is 1. The molecule has 1 unspecified atom stereocenters. The van der Waals surface area contributed by atoms with Crippen LogP contribution in [0.25, 0.3) is 0 Å². The summed E-state index contributed by atoms with van der Waals surface area (Å²) in [5.41, 5.74) is 1.71. The second kappa shape index (κ2) is 6.50. The van der Waals surface area contributed by atoms with E-state index in [4.69, 9.17) is 4.74 Å². The summed E-state index contributed by atoms with van der Waals surface area (Å²) >= 11 is 0. The first kappa shape index (κ1) is 13.8. The first-order chi connectivity index (χ1) is 10.3. The highest BCUT2D eigenvalue weighted by Crippen LogP contribution is 2.15. The molecule has 1 atom stereocenters. The standard InChI is InChI=1S/C17H18N2O2/c20-17(16-8-4-5-9-18-16)19-10-11-21-13-15(19)12-14-6-2-1-3-7-14/h1-9,15H,10-13H2. The van der Waals surface area contributed by atoms with Crippen LogP contribution in [0.1, 0.15) is 16.1 Å². The first-order valence-corrected chi connectivity index (χ1v) is 7.18. The molecule has 2 aromatic rings. The smallest absolute Gasteiger partial charge is 0.272 e. The van der Waals surface area contributed by atoms with E-state index in [0.29, 0.717) is 25.5 Å². The zero-order valence-corrected chi connectivity index (χ0v) is 11.8. The van der Waals surface area contributed by atoms with Crippen LogP contribution in [-0.2, 0) is 11.2 Å². The molecule has 3 rings (SSSR count). The number of rotatable bonds is 3. The normalized spacial score (nSPS) is 18.5. The predicted octanol–water partition coefficient (Wildman–Crippen LogP) is 2.17. The summed E-state index contributed by atoms with van der Waals surface area (Å²) in [5, 5.41) is 0. The van der Waals surface area contributed by atoms with Gasteiger partial charge in [-0.05, 0) is 24.1 Å². The number of carbonyl (C=O) groups is 1. The van der Waals surface area contributed by atoms with E-state index in [1.54, 1.807) is 12.3 Å². The Kier molecular flexibility index (Phi) is 4.26. The minimum Gasteiger partial charge on any atom is -0.377 e. The SMILES string of the molecule is O=C(c1ccccn1)N1CCOCC1Cc1ccccc1. The number of amides is 1. The van der Waals surface area contributed by atoms with Gasteiger partial charge in [0.05, 0.1) is 19.3 Å². The van der Waals surface area contributed by atoms with Crippen LogP contribution in [-0.4, -0.2) is 41.6 Å². The molecule has 0 aliphatic carbocycles. The molecule has 4 heteroatoms. The lowest BCUT2D eigenvalue weighted by atomic mass is 10.0. The summed E-state index contributed by atoms with van der Waals surface area (Å²) < 4.78 is 5.56. The summed E-state index contributed by atoms with van der Waals surface area (Å²) in [5.74, 6) is -0.0140. The molecule has 0 radical (unpaired) electrons. The Morgan fingerprint density at radius 3 is 2.76 bits per heavy atom. The molecule has 108 valence electrons. The molecule has 4 nitrogen and oxygen atoms in total. The molecule has 0 bridgehead atoms. The van der Waals surface area contributed by atoms with Gasteiger partial charge in [-0.2, -0.15) is 0 Å². The summed E-state index contributed by atoms with van der Waals surface area (Å²) in [6, 6.07) is 15.7. The van der Waals surface area contributed by atoms with E-state index in [0.717, 1.165) is 6.42 Å². The van der Waals surface area contributed by atoms with Gasteiger partial charge in [-0.3, -0.25) is 9.78 Å². The Labute approximate surface area is 124 Å². The van der Waals surface area contributed by atoms with Crippen LogP contribution in [0.4, 0.5) is 0 Å². The maximum Gasteiger partial charge on any atom is 0.272 e. The average Bonchev–Trinajstić information content (AvgIpc) is 2.56. The number of benzene rings is 1. The predicted molar refractivity (Wildman–Crippen MR) is 80.0 cm³/mol. The highest BCUT2D eigenvalue weighted by Gasteiger charge is 2.28. The molecule has 1 fully saturated rings. The van der Waals surface area contributed by atoms with Crippen LogP contribution in [0.2, 0.25) is 0 Å². The van der Waals surface area contributed by atoms with E-state index in [1.165, 1.54) is 5.56 Å². The van der Waals surface area contributed by atoms with Crippen molar-refractivity contribution in [2.75, 3.05) is 19.8 Å². The molecule has 1 aromatic carbocycles. The van der Waals surface area contributed by atoms with Gasteiger partial charge >= 0.3 is 0 Å². The number of hydrogen-bond donors (Lipinski definition) is 0. The Bertz CT molecular complexity index is 586. The Balaban J connectivity index is 1.77. The first-order valence-electron chi connectivity index (χ1n) is 7.18. The van der Waals surface area contributed by atoms with E-state index in [2.05, 4.69) is 17.1 Å². The number of hydrogen-bond acceptors (Lipinski definition) is 3. The monoisotopic (exact) mass is 282 g/mol. The molecule has 1 aliphatic heterocycles. The van der Waals surface area contributed by atoms with Crippen LogP contribution in [0.15, 0.2) is 54.7 Å². The van der Waals surface area contributed by atoms with Crippen molar-refractivity contribution >= 4 is 5.91 Å². The number of morpholine rings is 1. The van der Waals surface area contributed by atoms with Crippen molar-refractivity contribution in [1.29, 1.82) is 0 Å². The summed E-state index contributed by atoms with van der Waals surface area (Å²) in [6.07, 6.45) is 2.46.